The van der Waals surface area contributed by atoms with Gasteiger partial charge in [0.15, 0.2) is 5.60 Å². The molecule has 0 amide bonds. The molecule has 1 aromatic carbocycles. The lowest BCUT2D eigenvalue weighted by atomic mass is 9.98. The standard InChI is InChI=1S/C20H24O3/c1-4-9-17(10-5-2)18-13-19(21)20(3,23-18)15-22-14-16-11-7-6-8-12-16/h4-8,11-13,17H,1-2,9-10,14-15H2,3H3. The highest BCUT2D eigenvalue weighted by Crippen LogP contribution is 2.33. The Hall–Kier alpha value is -2.13. The van der Waals surface area contributed by atoms with Gasteiger partial charge in [0, 0.05) is 12.0 Å². The van der Waals surface area contributed by atoms with E-state index in [-0.39, 0.29) is 18.3 Å². The zero-order valence-corrected chi connectivity index (χ0v) is 13.7. The average molecular weight is 312 g/mol. The van der Waals surface area contributed by atoms with Crippen LogP contribution in [-0.2, 0) is 20.9 Å². The van der Waals surface area contributed by atoms with Crippen LogP contribution >= 0.6 is 0 Å². The van der Waals surface area contributed by atoms with Crippen LogP contribution in [0.4, 0.5) is 0 Å². The number of ketones is 1. The van der Waals surface area contributed by atoms with Crippen molar-refractivity contribution in [3.05, 3.63) is 73.0 Å². The lowest BCUT2D eigenvalue weighted by Gasteiger charge is -2.26. The van der Waals surface area contributed by atoms with E-state index in [1.807, 2.05) is 42.5 Å². The Morgan fingerprint density at radius 3 is 2.48 bits per heavy atom. The quantitative estimate of drug-likeness (QED) is 0.641. The number of allylic oxidation sites excluding steroid dienone is 3. The van der Waals surface area contributed by atoms with Gasteiger partial charge in [-0.25, -0.2) is 0 Å². The molecule has 0 radical (unpaired) electrons. The Morgan fingerprint density at radius 2 is 1.87 bits per heavy atom. The molecule has 1 unspecified atom stereocenters. The molecule has 2 rings (SSSR count). The number of rotatable bonds is 9. The summed E-state index contributed by atoms with van der Waals surface area (Å²) in [6.45, 7) is 10.0. The van der Waals surface area contributed by atoms with Crippen LogP contribution in [0, 0.1) is 5.92 Å². The van der Waals surface area contributed by atoms with Gasteiger partial charge < -0.3 is 9.47 Å². The molecular weight excluding hydrogens is 288 g/mol. The van der Waals surface area contributed by atoms with Crippen molar-refractivity contribution in [2.45, 2.75) is 32.0 Å². The van der Waals surface area contributed by atoms with Crippen LogP contribution in [0.3, 0.4) is 0 Å². The summed E-state index contributed by atoms with van der Waals surface area (Å²) < 4.78 is 11.7. The molecule has 1 aliphatic heterocycles. The SMILES string of the molecule is C=CCC(CC=C)C1=CC(=O)C(C)(COCc2ccccc2)O1. The van der Waals surface area contributed by atoms with E-state index in [1.165, 1.54) is 0 Å². The van der Waals surface area contributed by atoms with Crippen molar-refractivity contribution in [2.24, 2.45) is 5.92 Å². The molecule has 1 aliphatic rings. The Morgan fingerprint density at radius 1 is 1.22 bits per heavy atom. The van der Waals surface area contributed by atoms with Crippen molar-refractivity contribution in [2.75, 3.05) is 6.61 Å². The molecule has 3 nitrogen and oxygen atoms in total. The van der Waals surface area contributed by atoms with Gasteiger partial charge in [-0.2, -0.15) is 0 Å². The Bertz CT molecular complexity index is 578. The van der Waals surface area contributed by atoms with Gasteiger partial charge in [0.1, 0.15) is 5.76 Å². The summed E-state index contributed by atoms with van der Waals surface area (Å²) in [6.07, 6.45) is 6.79. The van der Waals surface area contributed by atoms with Gasteiger partial charge in [-0.15, -0.1) is 13.2 Å². The van der Waals surface area contributed by atoms with E-state index >= 15 is 0 Å². The first-order valence-corrected chi connectivity index (χ1v) is 7.87. The Labute approximate surface area is 138 Å². The van der Waals surface area contributed by atoms with E-state index in [4.69, 9.17) is 9.47 Å². The van der Waals surface area contributed by atoms with Crippen molar-refractivity contribution in [3.8, 4) is 0 Å². The molecule has 0 bridgehead atoms. The maximum absolute atomic E-state index is 12.3. The zero-order valence-electron chi connectivity index (χ0n) is 13.7. The zero-order chi connectivity index (χ0) is 16.7. The minimum absolute atomic E-state index is 0.0429. The molecular formula is C20H24O3. The summed E-state index contributed by atoms with van der Waals surface area (Å²) in [5.41, 5.74) is 0.135. The van der Waals surface area contributed by atoms with Crippen molar-refractivity contribution in [3.63, 3.8) is 0 Å². The number of hydrogen-bond acceptors (Lipinski definition) is 3. The van der Waals surface area contributed by atoms with Gasteiger partial charge in [0.2, 0.25) is 5.78 Å². The van der Waals surface area contributed by atoms with Gasteiger partial charge in [-0.1, -0.05) is 42.5 Å². The molecule has 0 spiro atoms. The molecule has 0 fully saturated rings. The van der Waals surface area contributed by atoms with Crippen LogP contribution < -0.4 is 0 Å². The second-order valence-corrected chi connectivity index (χ2v) is 5.97. The third-order valence-corrected chi connectivity index (χ3v) is 3.93. The molecule has 23 heavy (non-hydrogen) atoms. The predicted octanol–water partition coefficient (Wildman–Crippen LogP) is 4.21. The van der Waals surface area contributed by atoms with E-state index < -0.39 is 5.60 Å². The maximum Gasteiger partial charge on any atom is 0.204 e. The molecule has 0 saturated carbocycles. The Kier molecular flexibility index (Phi) is 5.94. The normalized spacial score (nSPS) is 20.3. The summed E-state index contributed by atoms with van der Waals surface area (Å²) in [6, 6.07) is 9.88. The number of benzene rings is 1. The fourth-order valence-corrected chi connectivity index (χ4v) is 2.59. The third kappa shape index (κ3) is 4.42. The first-order chi connectivity index (χ1) is 11.1. The highest BCUT2D eigenvalue weighted by atomic mass is 16.6. The highest BCUT2D eigenvalue weighted by molar-refractivity contribution is 5.99. The van der Waals surface area contributed by atoms with Gasteiger partial charge in [0.05, 0.1) is 13.2 Å². The van der Waals surface area contributed by atoms with E-state index in [2.05, 4.69) is 13.2 Å². The van der Waals surface area contributed by atoms with E-state index in [9.17, 15) is 4.79 Å². The predicted molar refractivity (Wildman–Crippen MR) is 91.8 cm³/mol. The average Bonchev–Trinajstić information content (AvgIpc) is 2.84. The smallest absolute Gasteiger partial charge is 0.204 e. The summed E-state index contributed by atoms with van der Waals surface area (Å²) in [4.78, 5) is 12.3. The lowest BCUT2D eigenvalue weighted by molar-refractivity contribution is -0.136. The van der Waals surface area contributed by atoms with Gasteiger partial charge in [-0.3, -0.25) is 4.79 Å². The van der Waals surface area contributed by atoms with Gasteiger partial charge in [-0.05, 0) is 25.3 Å². The summed E-state index contributed by atoms with van der Waals surface area (Å²) in [7, 11) is 0. The number of carbonyl (C=O) groups is 1. The molecule has 1 atom stereocenters. The minimum atomic E-state index is -0.940. The van der Waals surface area contributed by atoms with E-state index in [0.717, 1.165) is 18.4 Å². The van der Waals surface area contributed by atoms with Crippen LogP contribution in [0.1, 0.15) is 25.3 Å². The summed E-state index contributed by atoms with van der Waals surface area (Å²) in [5.74, 6) is 0.782. The first kappa shape index (κ1) is 17.2. The van der Waals surface area contributed by atoms with E-state index in [0.29, 0.717) is 12.4 Å². The largest absolute Gasteiger partial charge is 0.481 e. The molecule has 1 heterocycles. The third-order valence-electron chi connectivity index (χ3n) is 3.93. The van der Waals surface area contributed by atoms with Crippen molar-refractivity contribution in [1.82, 2.24) is 0 Å². The van der Waals surface area contributed by atoms with Crippen LogP contribution in [0.15, 0.2) is 67.5 Å². The number of hydrogen-bond donors (Lipinski definition) is 0. The number of ether oxygens (including phenoxy) is 2. The van der Waals surface area contributed by atoms with E-state index in [1.54, 1.807) is 13.0 Å². The maximum atomic E-state index is 12.3. The number of carbonyl (C=O) groups excluding carboxylic acids is 1. The molecule has 0 aliphatic carbocycles. The molecule has 1 aromatic rings. The van der Waals surface area contributed by atoms with Gasteiger partial charge >= 0.3 is 0 Å². The van der Waals surface area contributed by atoms with Crippen LogP contribution in [0.2, 0.25) is 0 Å². The summed E-state index contributed by atoms with van der Waals surface area (Å²) >= 11 is 0. The Balaban J connectivity index is 1.94. The topological polar surface area (TPSA) is 35.5 Å². The molecule has 3 heteroatoms. The van der Waals surface area contributed by atoms with Crippen molar-refractivity contribution in [1.29, 1.82) is 0 Å². The fourth-order valence-electron chi connectivity index (χ4n) is 2.59. The van der Waals surface area contributed by atoms with Crippen LogP contribution in [0.25, 0.3) is 0 Å². The molecule has 0 saturated heterocycles. The highest BCUT2D eigenvalue weighted by Gasteiger charge is 2.41. The second-order valence-electron chi connectivity index (χ2n) is 5.97. The monoisotopic (exact) mass is 312 g/mol. The molecule has 122 valence electrons. The van der Waals surface area contributed by atoms with Crippen LogP contribution in [0.5, 0.6) is 0 Å². The molecule has 0 N–H and O–H groups in total. The second kappa shape index (κ2) is 7.93. The minimum Gasteiger partial charge on any atom is -0.481 e. The fraction of sp³-hybridized carbons (Fsp3) is 0.350. The van der Waals surface area contributed by atoms with Gasteiger partial charge in [0.25, 0.3) is 0 Å². The van der Waals surface area contributed by atoms with Crippen LogP contribution in [-0.4, -0.2) is 18.0 Å². The first-order valence-electron chi connectivity index (χ1n) is 7.87. The van der Waals surface area contributed by atoms with Crippen molar-refractivity contribution < 1.29 is 14.3 Å². The summed E-state index contributed by atoms with van der Waals surface area (Å²) in [5, 5.41) is 0. The van der Waals surface area contributed by atoms with Crippen molar-refractivity contribution >= 4 is 5.78 Å². The molecule has 0 aromatic heterocycles. The lowest BCUT2D eigenvalue weighted by Crippen LogP contribution is -2.38.